The molecule has 1 aliphatic rings. The molecule has 0 radical (unpaired) electrons. The van der Waals surface area contributed by atoms with Crippen molar-refractivity contribution in [3.05, 3.63) is 28.8 Å². The highest BCUT2D eigenvalue weighted by atomic mass is 16.3. The number of Topliss-reactive ketones (excluding diaryl/α,β-unsaturated/α-hetero) is 1. The van der Waals surface area contributed by atoms with Crippen molar-refractivity contribution in [3.8, 4) is 5.75 Å². The molecular formula is C16H23NO2. The first-order chi connectivity index (χ1) is 8.90. The van der Waals surface area contributed by atoms with Crippen LogP contribution in [-0.2, 0) is 13.0 Å². The molecule has 0 atom stereocenters. The number of fused-ring (bicyclic) bond motifs is 1. The van der Waals surface area contributed by atoms with Gasteiger partial charge in [-0.15, -0.1) is 0 Å². The van der Waals surface area contributed by atoms with Crippen molar-refractivity contribution in [2.24, 2.45) is 5.92 Å². The number of aromatic hydroxyl groups is 1. The normalized spacial score (nSPS) is 15.9. The van der Waals surface area contributed by atoms with Crippen LogP contribution in [0.2, 0.25) is 0 Å². The molecule has 0 bridgehead atoms. The molecule has 1 aromatic carbocycles. The lowest BCUT2D eigenvalue weighted by Crippen LogP contribution is -2.36. The fourth-order valence-electron chi connectivity index (χ4n) is 2.57. The molecule has 0 saturated carbocycles. The van der Waals surface area contributed by atoms with E-state index >= 15 is 0 Å². The molecule has 0 fully saturated rings. The Morgan fingerprint density at radius 3 is 2.47 bits per heavy atom. The van der Waals surface area contributed by atoms with Gasteiger partial charge in [0, 0.05) is 25.0 Å². The van der Waals surface area contributed by atoms with Gasteiger partial charge in [-0.05, 0) is 43.5 Å². The van der Waals surface area contributed by atoms with E-state index in [2.05, 4.69) is 18.7 Å². The van der Waals surface area contributed by atoms with Gasteiger partial charge in [0.1, 0.15) is 5.75 Å². The van der Waals surface area contributed by atoms with E-state index in [4.69, 9.17) is 0 Å². The van der Waals surface area contributed by atoms with Gasteiger partial charge in [-0.3, -0.25) is 9.69 Å². The molecule has 0 aromatic heterocycles. The van der Waals surface area contributed by atoms with Crippen molar-refractivity contribution in [3.63, 3.8) is 0 Å². The monoisotopic (exact) mass is 261 g/mol. The minimum Gasteiger partial charge on any atom is -0.507 e. The van der Waals surface area contributed by atoms with E-state index in [9.17, 15) is 9.90 Å². The van der Waals surface area contributed by atoms with E-state index in [1.54, 1.807) is 6.07 Å². The summed E-state index contributed by atoms with van der Waals surface area (Å²) in [6.45, 7) is 9.97. The maximum Gasteiger partial charge on any atom is 0.169 e. The van der Waals surface area contributed by atoms with Crippen molar-refractivity contribution in [1.29, 1.82) is 0 Å². The maximum absolute atomic E-state index is 12.1. The topological polar surface area (TPSA) is 40.5 Å². The van der Waals surface area contributed by atoms with Crippen LogP contribution in [0.3, 0.4) is 0 Å². The van der Waals surface area contributed by atoms with Gasteiger partial charge in [0.15, 0.2) is 5.78 Å². The zero-order chi connectivity index (χ0) is 14.2. The van der Waals surface area contributed by atoms with Gasteiger partial charge >= 0.3 is 0 Å². The summed E-state index contributed by atoms with van der Waals surface area (Å²) in [5.41, 5.74) is 2.84. The van der Waals surface area contributed by atoms with E-state index in [-0.39, 0.29) is 17.5 Å². The van der Waals surface area contributed by atoms with Gasteiger partial charge in [-0.25, -0.2) is 0 Å². The third-order valence-corrected chi connectivity index (χ3v) is 3.88. The second kappa shape index (κ2) is 5.33. The Kier molecular flexibility index (Phi) is 3.95. The lowest BCUT2D eigenvalue weighted by molar-refractivity contribution is 0.0936. The van der Waals surface area contributed by atoms with Crippen molar-refractivity contribution in [1.82, 2.24) is 4.90 Å². The van der Waals surface area contributed by atoms with Crippen LogP contribution in [0.25, 0.3) is 0 Å². The second-order valence-corrected chi connectivity index (χ2v) is 5.97. The smallest absolute Gasteiger partial charge is 0.169 e. The predicted molar refractivity (Wildman–Crippen MR) is 76.5 cm³/mol. The summed E-state index contributed by atoms with van der Waals surface area (Å²) in [5, 5.41) is 10.1. The van der Waals surface area contributed by atoms with Crippen LogP contribution in [0.4, 0.5) is 0 Å². The SMILES string of the molecule is CC(C)C(=O)c1cc2c(cc1O)CN(C(C)C)CC2. The molecule has 0 amide bonds. The van der Waals surface area contributed by atoms with E-state index in [0.717, 1.165) is 25.1 Å². The zero-order valence-corrected chi connectivity index (χ0v) is 12.2. The summed E-state index contributed by atoms with van der Waals surface area (Å²) in [4.78, 5) is 14.4. The average molecular weight is 261 g/mol. The summed E-state index contributed by atoms with van der Waals surface area (Å²) in [7, 11) is 0. The van der Waals surface area contributed by atoms with Gasteiger partial charge in [0.05, 0.1) is 5.56 Å². The molecule has 1 aromatic rings. The molecule has 2 rings (SSSR count). The quantitative estimate of drug-likeness (QED) is 0.850. The van der Waals surface area contributed by atoms with Crippen LogP contribution in [0, 0.1) is 5.92 Å². The predicted octanol–water partition coefficient (Wildman–Crippen LogP) is 3.00. The number of hydrogen-bond donors (Lipinski definition) is 1. The first-order valence-electron chi connectivity index (χ1n) is 7.03. The first kappa shape index (κ1) is 14.1. The van der Waals surface area contributed by atoms with Crippen LogP contribution in [0.1, 0.15) is 49.2 Å². The number of rotatable bonds is 3. The molecule has 3 nitrogen and oxygen atoms in total. The molecule has 19 heavy (non-hydrogen) atoms. The Labute approximate surface area is 115 Å². The number of carbonyl (C=O) groups excluding carboxylic acids is 1. The van der Waals surface area contributed by atoms with Crippen molar-refractivity contribution in [2.45, 2.75) is 46.7 Å². The third-order valence-electron chi connectivity index (χ3n) is 3.88. The Hall–Kier alpha value is -1.35. The van der Waals surface area contributed by atoms with Crippen molar-refractivity contribution < 1.29 is 9.90 Å². The van der Waals surface area contributed by atoms with E-state index in [1.165, 1.54) is 5.56 Å². The molecular weight excluding hydrogens is 238 g/mol. The molecule has 3 heteroatoms. The number of hydrogen-bond acceptors (Lipinski definition) is 3. The summed E-state index contributed by atoms with van der Waals surface area (Å²) < 4.78 is 0. The number of benzene rings is 1. The van der Waals surface area contributed by atoms with Gasteiger partial charge in [0.25, 0.3) is 0 Å². The Bertz CT molecular complexity index is 492. The van der Waals surface area contributed by atoms with E-state index in [0.29, 0.717) is 11.6 Å². The number of phenols is 1. The van der Waals surface area contributed by atoms with Crippen LogP contribution in [0.15, 0.2) is 12.1 Å². The Morgan fingerprint density at radius 2 is 1.89 bits per heavy atom. The standard InChI is InChI=1S/C16H23NO2/c1-10(2)16(19)14-7-12-5-6-17(11(3)4)9-13(12)8-15(14)18/h7-8,10-11,18H,5-6,9H2,1-4H3. The molecule has 1 heterocycles. The van der Waals surface area contributed by atoms with Crippen LogP contribution in [-0.4, -0.2) is 28.4 Å². The average Bonchev–Trinajstić information content (AvgIpc) is 2.36. The Balaban J connectivity index is 2.33. The highest BCUT2D eigenvalue weighted by Crippen LogP contribution is 2.29. The lowest BCUT2D eigenvalue weighted by atomic mass is 9.92. The fraction of sp³-hybridized carbons (Fsp3) is 0.562. The van der Waals surface area contributed by atoms with Gasteiger partial charge in [0.2, 0.25) is 0 Å². The third kappa shape index (κ3) is 2.81. The van der Waals surface area contributed by atoms with Crippen molar-refractivity contribution >= 4 is 5.78 Å². The number of carbonyl (C=O) groups is 1. The minimum atomic E-state index is -0.0836. The Morgan fingerprint density at radius 1 is 1.21 bits per heavy atom. The molecule has 0 saturated heterocycles. The number of nitrogens with zero attached hydrogens (tertiary/aromatic N) is 1. The molecule has 0 aliphatic carbocycles. The summed E-state index contributed by atoms with van der Waals surface area (Å²) >= 11 is 0. The van der Waals surface area contributed by atoms with Gasteiger partial charge < -0.3 is 5.11 Å². The van der Waals surface area contributed by atoms with Gasteiger partial charge in [-0.1, -0.05) is 13.8 Å². The van der Waals surface area contributed by atoms with E-state index < -0.39 is 0 Å². The highest BCUT2D eigenvalue weighted by Gasteiger charge is 2.22. The fourth-order valence-corrected chi connectivity index (χ4v) is 2.57. The summed E-state index contributed by atoms with van der Waals surface area (Å²) in [6, 6.07) is 4.18. The zero-order valence-electron chi connectivity index (χ0n) is 12.2. The molecule has 1 N–H and O–H groups in total. The van der Waals surface area contributed by atoms with E-state index in [1.807, 2.05) is 19.9 Å². The maximum atomic E-state index is 12.1. The first-order valence-corrected chi connectivity index (χ1v) is 7.03. The summed E-state index contributed by atoms with van der Waals surface area (Å²) in [5.74, 6) is 0.0642. The number of phenolic OH excluding ortho intramolecular Hbond substituents is 1. The number of ketones is 1. The van der Waals surface area contributed by atoms with Crippen molar-refractivity contribution in [2.75, 3.05) is 6.54 Å². The second-order valence-electron chi connectivity index (χ2n) is 5.97. The molecule has 104 valence electrons. The minimum absolute atomic E-state index is 0.0200. The van der Waals surface area contributed by atoms with Crippen LogP contribution >= 0.6 is 0 Å². The lowest BCUT2D eigenvalue weighted by Gasteiger charge is -2.32. The van der Waals surface area contributed by atoms with Crippen LogP contribution < -0.4 is 0 Å². The molecule has 0 spiro atoms. The highest BCUT2D eigenvalue weighted by molar-refractivity contribution is 6.00. The molecule has 0 unspecified atom stereocenters. The van der Waals surface area contributed by atoms with Crippen LogP contribution in [0.5, 0.6) is 5.75 Å². The summed E-state index contributed by atoms with van der Waals surface area (Å²) in [6.07, 6.45) is 0.951. The largest absolute Gasteiger partial charge is 0.507 e. The molecule has 1 aliphatic heterocycles. The van der Waals surface area contributed by atoms with Gasteiger partial charge in [-0.2, -0.15) is 0 Å².